The van der Waals surface area contributed by atoms with Crippen LogP contribution in [-0.4, -0.2) is 39.8 Å². The number of carbonyl (C=O) groups excluding carboxylic acids is 2. The number of amides is 2. The molecule has 29 heavy (non-hydrogen) atoms. The van der Waals surface area contributed by atoms with E-state index >= 15 is 0 Å². The van der Waals surface area contributed by atoms with Crippen molar-refractivity contribution in [2.45, 2.75) is 18.8 Å². The molecule has 1 aliphatic heterocycles. The number of hydrogen-bond acceptors (Lipinski definition) is 4. The van der Waals surface area contributed by atoms with E-state index in [0.29, 0.717) is 17.7 Å². The van der Waals surface area contributed by atoms with Crippen molar-refractivity contribution in [2.24, 2.45) is 5.73 Å². The molecule has 0 saturated carbocycles. The van der Waals surface area contributed by atoms with E-state index in [-0.39, 0.29) is 11.8 Å². The first-order valence-electron chi connectivity index (χ1n) is 9.68. The molecule has 1 aliphatic rings. The summed E-state index contributed by atoms with van der Waals surface area (Å²) >= 11 is 0. The van der Waals surface area contributed by atoms with E-state index in [4.69, 9.17) is 10.7 Å². The van der Waals surface area contributed by atoms with Crippen LogP contribution in [0.3, 0.4) is 0 Å². The zero-order valence-electron chi connectivity index (χ0n) is 16.0. The van der Waals surface area contributed by atoms with Crippen LogP contribution in [0.4, 0.5) is 0 Å². The topological polar surface area (TPSA) is 89.2 Å². The number of aromatic nitrogens is 2. The van der Waals surface area contributed by atoms with Gasteiger partial charge in [0.1, 0.15) is 0 Å². The molecule has 146 valence electrons. The lowest BCUT2D eigenvalue weighted by atomic mass is 9.93. The second-order valence-electron chi connectivity index (χ2n) is 7.22. The fourth-order valence-electron chi connectivity index (χ4n) is 3.72. The zero-order chi connectivity index (χ0) is 20.2. The summed E-state index contributed by atoms with van der Waals surface area (Å²) in [4.78, 5) is 34.8. The molecule has 6 nitrogen and oxygen atoms in total. The lowest BCUT2D eigenvalue weighted by Gasteiger charge is -2.32. The molecule has 3 heterocycles. The predicted octanol–water partition coefficient (Wildman–Crippen LogP) is 3.26. The molecule has 0 spiro atoms. The lowest BCUT2D eigenvalue weighted by molar-refractivity contribution is 0.0705. The van der Waals surface area contributed by atoms with Gasteiger partial charge >= 0.3 is 0 Å². The molecule has 1 unspecified atom stereocenters. The average molecular weight is 386 g/mol. The Morgan fingerprint density at radius 1 is 0.966 bits per heavy atom. The number of nitrogens with two attached hydrogens (primary N) is 1. The maximum absolute atomic E-state index is 12.8. The van der Waals surface area contributed by atoms with E-state index in [2.05, 4.69) is 4.98 Å². The molecule has 2 amide bonds. The molecule has 3 aromatic rings. The van der Waals surface area contributed by atoms with E-state index < -0.39 is 5.91 Å². The Labute approximate surface area is 169 Å². The summed E-state index contributed by atoms with van der Waals surface area (Å²) in [7, 11) is 0. The maximum atomic E-state index is 12.8. The zero-order valence-corrected chi connectivity index (χ0v) is 16.0. The highest BCUT2D eigenvalue weighted by Crippen LogP contribution is 2.28. The summed E-state index contributed by atoms with van der Waals surface area (Å²) < 4.78 is 0. The van der Waals surface area contributed by atoms with Gasteiger partial charge in [-0.3, -0.25) is 19.6 Å². The molecule has 0 bridgehead atoms. The molecular weight excluding hydrogens is 364 g/mol. The fraction of sp³-hybridized carbons (Fsp3) is 0.217. The molecule has 1 fully saturated rings. The number of benzene rings is 1. The monoisotopic (exact) mass is 386 g/mol. The van der Waals surface area contributed by atoms with E-state index in [9.17, 15) is 9.59 Å². The second kappa shape index (κ2) is 8.22. The van der Waals surface area contributed by atoms with Crippen LogP contribution in [0.1, 0.15) is 45.2 Å². The minimum absolute atomic E-state index is 0.0373. The molecule has 1 saturated heterocycles. The van der Waals surface area contributed by atoms with Gasteiger partial charge in [0.25, 0.3) is 5.91 Å². The maximum Gasteiger partial charge on any atom is 0.253 e. The van der Waals surface area contributed by atoms with Crippen LogP contribution in [0, 0.1) is 0 Å². The van der Waals surface area contributed by atoms with Crippen molar-refractivity contribution in [3.63, 3.8) is 0 Å². The van der Waals surface area contributed by atoms with Crippen molar-refractivity contribution in [1.82, 2.24) is 14.9 Å². The van der Waals surface area contributed by atoms with Crippen LogP contribution < -0.4 is 5.73 Å². The smallest absolute Gasteiger partial charge is 0.253 e. The van der Waals surface area contributed by atoms with Crippen LogP contribution in [0.15, 0.2) is 67.0 Å². The summed E-state index contributed by atoms with van der Waals surface area (Å²) in [5.74, 6) is -0.214. The molecule has 6 heteroatoms. The number of rotatable bonds is 4. The Bertz CT molecular complexity index is 1020. The number of pyridine rings is 2. The number of likely N-dealkylation sites (tertiary alicyclic amines) is 1. The molecule has 1 atom stereocenters. The molecule has 0 aliphatic carbocycles. The highest BCUT2D eigenvalue weighted by atomic mass is 16.2. The highest BCUT2D eigenvalue weighted by molar-refractivity contribution is 5.94. The Morgan fingerprint density at radius 2 is 1.72 bits per heavy atom. The van der Waals surface area contributed by atoms with Gasteiger partial charge in [-0.2, -0.15) is 0 Å². The Kier molecular flexibility index (Phi) is 5.33. The average Bonchev–Trinajstić information content (AvgIpc) is 2.79. The number of carbonyl (C=O) groups is 2. The van der Waals surface area contributed by atoms with Gasteiger partial charge in [-0.1, -0.05) is 18.2 Å². The van der Waals surface area contributed by atoms with Crippen LogP contribution >= 0.6 is 0 Å². The molecule has 2 N–H and O–H groups in total. The molecule has 0 radical (unpaired) electrons. The first-order chi connectivity index (χ1) is 14.1. The van der Waals surface area contributed by atoms with E-state index in [1.54, 1.807) is 36.7 Å². The van der Waals surface area contributed by atoms with Crippen LogP contribution in [-0.2, 0) is 0 Å². The van der Waals surface area contributed by atoms with E-state index in [0.717, 1.165) is 36.3 Å². The van der Waals surface area contributed by atoms with Gasteiger partial charge in [-0.15, -0.1) is 0 Å². The molecule has 4 rings (SSSR count). The van der Waals surface area contributed by atoms with Crippen molar-refractivity contribution >= 4 is 11.8 Å². The number of piperidine rings is 1. The first-order valence-corrected chi connectivity index (χ1v) is 9.68. The van der Waals surface area contributed by atoms with Crippen molar-refractivity contribution in [3.8, 4) is 11.3 Å². The van der Waals surface area contributed by atoms with Crippen LogP contribution in [0.2, 0.25) is 0 Å². The predicted molar refractivity (Wildman–Crippen MR) is 110 cm³/mol. The quantitative estimate of drug-likeness (QED) is 0.745. The van der Waals surface area contributed by atoms with Crippen molar-refractivity contribution < 1.29 is 9.59 Å². The SMILES string of the molecule is NC(=O)c1ccc(-c2cccc(C3CCCN(C(=O)c4ccncc4)C3)n2)cc1. The Hall–Kier alpha value is -3.54. The number of nitrogens with zero attached hydrogens (tertiary/aromatic N) is 3. The summed E-state index contributed by atoms with van der Waals surface area (Å²) in [6.07, 6.45) is 5.23. The minimum atomic E-state index is -0.445. The largest absolute Gasteiger partial charge is 0.366 e. The normalized spacial score (nSPS) is 16.4. The lowest BCUT2D eigenvalue weighted by Crippen LogP contribution is -2.39. The van der Waals surface area contributed by atoms with Gasteiger partial charge in [-0.05, 0) is 49.2 Å². The van der Waals surface area contributed by atoms with Crippen LogP contribution in [0.5, 0.6) is 0 Å². The fourth-order valence-corrected chi connectivity index (χ4v) is 3.72. The van der Waals surface area contributed by atoms with Crippen molar-refractivity contribution in [2.75, 3.05) is 13.1 Å². The van der Waals surface area contributed by atoms with Crippen molar-refractivity contribution in [3.05, 3.63) is 83.8 Å². The summed E-state index contributed by atoms with van der Waals surface area (Å²) in [6.45, 7) is 1.41. The Morgan fingerprint density at radius 3 is 2.45 bits per heavy atom. The third-order valence-electron chi connectivity index (χ3n) is 5.29. The summed E-state index contributed by atoms with van der Waals surface area (Å²) in [6, 6.07) is 16.6. The van der Waals surface area contributed by atoms with Gasteiger partial charge in [0.15, 0.2) is 0 Å². The highest BCUT2D eigenvalue weighted by Gasteiger charge is 2.26. The summed E-state index contributed by atoms with van der Waals surface area (Å²) in [5.41, 5.74) is 9.20. The van der Waals surface area contributed by atoms with Gasteiger partial charge in [-0.25, -0.2) is 0 Å². The second-order valence-corrected chi connectivity index (χ2v) is 7.22. The minimum Gasteiger partial charge on any atom is -0.366 e. The van der Waals surface area contributed by atoms with Crippen molar-refractivity contribution in [1.29, 1.82) is 0 Å². The third-order valence-corrected chi connectivity index (χ3v) is 5.29. The Balaban J connectivity index is 1.53. The molecule has 2 aromatic heterocycles. The third kappa shape index (κ3) is 4.16. The van der Waals surface area contributed by atoms with Gasteiger partial charge in [0, 0.05) is 53.8 Å². The number of hydrogen-bond donors (Lipinski definition) is 1. The number of primary amides is 1. The van der Waals surface area contributed by atoms with Crippen LogP contribution in [0.25, 0.3) is 11.3 Å². The first kappa shape index (κ1) is 18.8. The summed E-state index contributed by atoms with van der Waals surface area (Å²) in [5, 5.41) is 0. The van der Waals surface area contributed by atoms with Gasteiger partial charge in [0.05, 0.1) is 5.69 Å². The molecular formula is C23H22N4O2. The van der Waals surface area contributed by atoms with Gasteiger partial charge in [0.2, 0.25) is 5.91 Å². The van der Waals surface area contributed by atoms with E-state index in [1.165, 1.54) is 0 Å². The van der Waals surface area contributed by atoms with Gasteiger partial charge < -0.3 is 10.6 Å². The van der Waals surface area contributed by atoms with E-state index in [1.807, 2.05) is 35.2 Å². The molecule has 1 aromatic carbocycles. The standard InChI is InChI=1S/C23H22N4O2/c24-22(28)17-8-6-16(7-9-17)20-4-1-5-21(26-20)19-3-2-14-27(15-19)23(29)18-10-12-25-13-11-18/h1,4-13,19H,2-3,14-15H2,(H2,24,28).